The maximum atomic E-state index is 13.6. The van der Waals surface area contributed by atoms with Gasteiger partial charge in [0, 0.05) is 5.56 Å². The normalized spacial score (nSPS) is 15.5. The van der Waals surface area contributed by atoms with Crippen LogP contribution in [0.15, 0.2) is 69.6 Å². The van der Waals surface area contributed by atoms with Gasteiger partial charge in [0.15, 0.2) is 4.80 Å². The predicted octanol–water partition coefficient (Wildman–Crippen LogP) is 3.21. The van der Waals surface area contributed by atoms with Crippen molar-refractivity contribution < 1.29 is 19.0 Å². The number of nitrogens with zero attached hydrogens (tertiary/aromatic N) is 2. The van der Waals surface area contributed by atoms with Gasteiger partial charge in [0.05, 0.1) is 42.2 Å². The van der Waals surface area contributed by atoms with E-state index in [1.54, 1.807) is 31.6 Å². The van der Waals surface area contributed by atoms with E-state index < -0.39 is 12.0 Å². The van der Waals surface area contributed by atoms with Gasteiger partial charge in [0.1, 0.15) is 11.5 Å². The molecular weight excluding hydrogens is 452 g/mol. The number of esters is 1. The maximum absolute atomic E-state index is 13.6. The van der Waals surface area contributed by atoms with E-state index in [1.165, 1.54) is 11.3 Å². The van der Waals surface area contributed by atoms with E-state index >= 15 is 0 Å². The Balaban J connectivity index is 1.93. The summed E-state index contributed by atoms with van der Waals surface area (Å²) in [6, 6.07) is 14.2. The topological polar surface area (TPSA) is 79.1 Å². The van der Waals surface area contributed by atoms with Crippen molar-refractivity contribution >= 4 is 23.4 Å². The summed E-state index contributed by atoms with van der Waals surface area (Å²) < 4.78 is 18.4. The number of hydrogen-bond acceptors (Lipinski definition) is 7. The summed E-state index contributed by atoms with van der Waals surface area (Å²) >= 11 is 1.28. The molecule has 2 aromatic carbocycles. The highest BCUT2D eigenvalue weighted by Crippen LogP contribution is 2.31. The number of hydrogen-bond donors (Lipinski definition) is 0. The molecule has 1 aliphatic heterocycles. The number of para-hydroxylation sites is 1. The molecule has 0 N–H and O–H groups in total. The largest absolute Gasteiger partial charge is 0.496 e. The first-order valence-electron chi connectivity index (χ1n) is 11.0. The van der Waals surface area contributed by atoms with Crippen molar-refractivity contribution in [1.29, 1.82) is 0 Å². The molecule has 0 saturated carbocycles. The fraction of sp³-hybridized carbons (Fsp3) is 0.269. The van der Waals surface area contributed by atoms with Crippen molar-refractivity contribution in [1.82, 2.24) is 4.57 Å². The minimum Gasteiger partial charge on any atom is -0.496 e. The SMILES string of the molecule is CCOC(=O)C1=C(C)N=c2s/c(=C\c3ccccc3OC)c(=O)n2[C@@H]1c1ccc(OCC)cc1. The van der Waals surface area contributed by atoms with E-state index in [4.69, 9.17) is 14.2 Å². The Morgan fingerprint density at radius 3 is 2.53 bits per heavy atom. The fourth-order valence-electron chi connectivity index (χ4n) is 3.95. The number of aromatic nitrogens is 1. The van der Waals surface area contributed by atoms with Gasteiger partial charge in [-0.3, -0.25) is 9.36 Å². The van der Waals surface area contributed by atoms with Crippen LogP contribution in [-0.2, 0) is 9.53 Å². The minimum absolute atomic E-state index is 0.226. The third kappa shape index (κ3) is 4.41. The standard InChI is InChI=1S/C26H26N2O5S/c1-5-32-19-13-11-17(12-14-19)23-22(25(30)33-6-2)16(3)27-26-28(23)24(29)21(34-26)15-18-9-7-8-10-20(18)31-4/h7-15,23H,5-6H2,1-4H3/b21-15-/t23-/m1/s1. The van der Waals surface area contributed by atoms with Crippen molar-refractivity contribution in [2.45, 2.75) is 26.8 Å². The molecule has 0 spiro atoms. The van der Waals surface area contributed by atoms with Crippen LogP contribution >= 0.6 is 11.3 Å². The summed E-state index contributed by atoms with van der Waals surface area (Å²) in [6.45, 7) is 6.21. The molecule has 34 heavy (non-hydrogen) atoms. The lowest BCUT2D eigenvalue weighted by atomic mass is 9.96. The summed E-state index contributed by atoms with van der Waals surface area (Å²) in [6.07, 6.45) is 1.79. The van der Waals surface area contributed by atoms with Crippen molar-refractivity contribution in [3.05, 3.63) is 90.6 Å². The molecule has 0 radical (unpaired) electrons. The van der Waals surface area contributed by atoms with Gasteiger partial charge >= 0.3 is 5.97 Å². The van der Waals surface area contributed by atoms with Crippen LogP contribution in [0.5, 0.6) is 11.5 Å². The average molecular weight is 479 g/mol. The summed E-state index contributed by atoms with van der Waals surface area (Å²) in [7, 11) is 1.59. The van der Waals surface area contributed by atoms with Crippen LogP contribution < -0.4 is 24.4 Å². The molecule has 0 bridgehead atoms. The van der Waals surface area contributed by atoms with Crippen molar-refractivity contribution in [2.24, 2.45) is 4.99 Å². The molecule has 0 fully saturated rings. The van der Waals surface area contributed by atoms with Gasteiger partial charge < -0.3 is 14.2 Å². The van der Waals surface area contributed by atoms with Gasteiger partial charge in [-0.25, -0.2) is 9.79 Å². The van der Waals surface area contributed by atoms with Crippen LogP contribution in [0, 0.1) is 0 Å². The van der Waals surface area contributed by atoms with E-state index in [0.717, 1.165) is 11.1 Å². The van der Waals surface area contributed by atoms with Crippen LogP contribution in [0.1, 0.15) is 37.9 Å². The van der Waals surface area contributed by atoms with Gasteiger partial charge in [-0.1, -0.05) is 41.7 Å². The van der Waals surface area contributed by atoms with E-state index in [1.807, 2.05) is 55.5 Å². The predicted molar refractivity (Wildman–Crippen MR) is 131 cm³/mol. The lowest BCUT2D eigenvalue weighted by Gasteiger charge is -2.24. The Hall–Kier alpha value is -3.65. The number of methoxy groups -OCH3 is 1. The minimum atomic E-state index is -0.661. The second-order valence-corrected chi connectivity index (χ2v) is 8.56. The van der Waals surface area contributed by atoms with Crippen LogP contribution in [0.3, 0.4) is 0 Å². The molecule has 2 heterocycles. The molecule has 0 aliphatic carbocycles. The van der Waals surface area contributed by atoms with E-state index in [-0.39, 0.29) is 12.2 Å². The molecule has 4 rings (SSSR count). The number of thiazole rings is 1. The van der Waals surface area contributed by atoms with Gasteiger partial charge in [-0.05, 0) is 50.6 Å². The second kappa shape index (κ2) is 10.1. The number of benzene rings is 2. The number of carbonyl (C=O) groups is 1. The Kier molecular flexibility index (Phi) is 6.98. The van der Waals surface area contributed by atoms with E-state index in [2.05, 4.69) is 4.99 Å². The highest BCUT2D eigenvalue weighted by atomic mass is 32.1. The monoisotopic (exact) mass is 478 g/mol. The summed E-state index contributed by atoms with van der Waals surface area (Å²) in [4.78, 5) is 31.7. The van der Waals surface area contributed by atoms with E-state index in [9.17, 15) is 9.59 Å². The van der Waals surface area contributed by atoms with Crippen molar-refractivity contribution in [3.8, 4) is 11.5 Å². The first-order chi connectivity index (χ1) is 16.5. The Morgan fingerprint density at radius 2 is 1.85 bits per heavy atom. The fourth-order valence-corrected chi connectivity index (χ4v) is 4.98. The number of allylic oxidation sites excluding steroid dienone is 1. The third-order valence-corrected chi connectivity index (χ3v) is 6.43. The van der Waals surface area contributed by atoms with Crippen LogP contribution in [0.25, 0.3) is 6.08 Å². The number of carbonyl (C=O) groups excluding carboxylic acids is 1. The van der Waals surface area contributed by atoms with Crippen molar-refractivity contribution in [3.63, 3.8) is 0 Å². The lowest BCUT2D eigenvalue weighted by molar-refractivity contribution is -0.139. The Morgan fingerprint density at radius 1 is 1.12 bits per heavy atom. The zero-order valence-electron chi connectivity index (χ0n) is 19.5. The zero-order valence-corrected chi connectivity index (χ0v) is 20.3. The number of ether oxygens (including phenoxy) is 3. The third-order valence-electron chi connectivity index (χ3n) is 5.45. The molecule has 0 saturated heterocycles. The molecule has 0 amide bonds. The summed E-state index contributed by atoms with van der Waals surface area (Å²) in [5.74, 6) is 0.898. The van der Waals surface area contributed by atoms with Crippen LogP contribution in [-0.4, -0.2) is 30.9 Å². The molecule has 8 heteroatoms. The zero-order chi connectivity index (χ0) is 24.2. The summed E-state index contributed by atoms with van der Waals surface area (Å²) in [5.41, 5.74) is 2.20. The quantitative estimate of drug-likeness (QED) is 0.488. The Bertz CT molecular complexity index is 1420. The highest BCUT2D eigenvalue weighted by molar-refractivity contribution is 7.07. The molecule has 3 aromatic rings. The van der Waals surface area contributed by atoms with Crippen molar-refractivity contribution in [2.75, 3.05) is 20.3 Å². The van der Waals surface area contributed by atoms with E-state index in [0.29, 0.717) is 38.7 Å². The molecule has 1 aliphatic rings. The first-order valence-corrected chi connectivity index (χ1v) is 11.9. The molecule has 1 aromatic heterocycles. The highest BCUT2D eigenvalue weighted by Gasteiger charge is 2.33. The van der Waals surface area contributed by atoms with Gasteiger partial charge in [0.25, 0.3) is 5.56 Å². The molecule has 1 atom stereocenters. The lowest BCUT2D eigenvalue weighted by Crippen LogP contribution is -2.39. The average Bonchev–Trinajstić information content (AvgIpc) is 3.14. The van der Waals surface area contributed by atoms with Gasteiger partial charge in [-0.15, -0.1) is 0 Å². The molecular formula is C26H26N2O5S. The number of rotatable bonds is 7. The molecule has 176 valence electrons. The van der Waals surface area contributed by atoms with Crippen LogP contribution in [0.2, 0.25) is 0 Å². The first kappa shape index (κ1) is 23.5. The maximum Gasteiger partial charge on any atom is 0.338 e. The smallest absolute Gasteiger partial charge is 0.338 e. The van der Waals surface area contributed by atoms with Crippen LogP contribution in [0.4, 0.5) is 0 Å². The van der Waals surface area contributed by atoms with Gasteiger partial charge in [-0.2, -0.15) is 0 Å². The second-order valence-electron chi connectivity index (χ2n) is 7.55. The molecule has 7 nitrogen and oxygen atoms in total. The number of fused-ring (bicyclic) bond motifs is 1. The Labute approximate surface area is 201 Å². The summed E-state index contributed by atoms with van der Waals surface area (Å²) in [5, 5.41) is 0. The molecule has 0 unspecified atom stereocenters. The van der Waals surface area contributed by atoms with Gasteiger partial charge in [0.2, 0.25) is 0 Å².